The second-order valence-electron chi connectivity index (χ2n) is 4.91. The van der Waals surface area contributed by atoms with Gasteiger partial charge in [-0.1, -0.05) is 35.0 Å². The molecule has 0 bridgehead atoms. The number of nitrogens with zero attached hydrogens (tertiary/aromatic N) is 2. The molecule has 1 heterocycles. The molecule has 0 aliphatic carbocycles. The lowest BCUT2D eigenvalue weighted by molar-refractivity contribution is 0.424. The summed E-state index contributed by atoms with van der Waals surface area (Å²) in [6, 6.07) is 12.2. The fraction of sp³-hybridized carbons (Fsp3) is 0.125. The Balaban J connectivity index is 1.86. The Morgan fingerprint density at radius 1 is 1.19 bits per heavy atom. The third-order valence-corrected chi connectivity index (χ3v) is 3.16. The maximum absolute atomic E-state index is 13.0. The SMILES string of the molecule is Cc1cccc(Cc2noc(-c3ccc(F)cc3N)n2)c1. The van der Waals surface area contributed by atoms with Crippen molar-refractivity contribution in [3.8, 4) is 11.5 Å². The van der Waals surface area contributed by atoms with E-state index in [4.69, 9.17) is 10.3 Å². The third-order valence-electron chi connectivity index (χ3n) is 3.16. The highest BCUT2D eigenvalue weighted by molar-refractivity contribution is 5.70. The van der Waals surface area contributed by atoms with Gasteiger partial charge in [-0.05, 0) is 30.7 Å². The van der Waals surface area contributed by atoms with Crippen molar-refractivity contribution in [3.05, 3.63) is 65.2 Å². The fourth-order valence-electron chi connectivity index (χ4n) is 2.17. The standard InChI is InChI=1S/C16H14FN3O/c1-10-3-2-4-11(7-10)8-15-19-16(21-20-15)13-6-5-12(17)9-14(13)18/h2-7,9H,8,18H2,1H3. The maximum Gasteiger partial charge on any atom is 0.260 e. The number of aromatic nitrogens is 2. The van der Waals surface area contributed by atoms with E-state index in [2.05, 4.69) is 16.2 Å². The molecule has 2 N–H and O–H groups in total. The van der Waals surface area contributed by atoms with E-state index >= 15 is 0 Å². The van der Waals surface area contributed by atoms with Crippen molar-refractivity contribution in [2.75, 3.05) is 5.73 Å². The average molecular weight is 283 g/mol. The Hall–Kier alpha value is -2.69. The second-order valence-corrected chi connectivity index (χ2v) is 4.91. The lowest BCUT2D eigenvalue weighted by Crippen LogP contribution is -1.93. The molecule has 0 fully saturated rings. The van der Waals surface area contributed by atoms with Crippen LogP contribution < -0.4 is 5.73 Å². The largest absolute Gasteiger partial charge is 0.398 e. The first kappa shape index (κ1) is 13.3. The molecule has 5 heteroatoms. The number of benzene rings is 2. The molecule has 4 nitrogen and oxygen atoms in total. The van der Waals surface area contributed by atoms with Crippen LogP contribution in [0.15, 0.2) is 47.0 Å². The molecule has 0 unspecified atom stereocenters. The van der Waals surface area contributed by atoms with Crippen LogP contribution in [0.1, 0.15) is 17.0 Å². The molecule has 0 aliphatic heterocycles. The summed E-state index contributed by atoms with van der Waals surface area (Å²) in [4.78, 5) is 4.32. The van der Waals surface area contributed by atoms with Crippen molar-refractivity contribution in [1.29, 1.82) is 0 Å². The summed E-state index contributed by atoms with van der Waals surface area (Å²) in [7, 11) is 0. The average Bonchev–Trinajstić information content (AvgIpc) is 2.87. The summed E-state index contributed by atoms with van der Waals surface area (Å²) in [5.41, 5.74) is 8.87. The van der Waals surface area contributed by atoms with Crippen LogP contribution in [-0.4, -0.2) is 10.1 Å². The third kappa shape index (κ3) is 2.91. The highest BCUT2D eigenvalue weighted by Gasteiger charge is 2.12. The first-order chi connectivity index (χ1) is 10.1. The van der Waals surface area contributed by atoms with Crippen LogP contribution in [0.2, 0.25) is 0 Å². The summed E-state index contributed by atoms with van der Waals surface area (Å²) in [6.45, 7) is 2.03. The second kappa shape index (κ2) is 5.36. The summed E-state index contributed by atoms with van der Waals surface area (Å²) < 4.78 is 18.3. The summed E-state index contributed by atoms with van der Waals surface area (Å²) in [5.74, 6) is 0.477. The van der Waals surface area contributed by atoms with Crippen LogP contribution in [-0.2, 0) is 6.42 Å². The Kier molecular flexibility index (Phi) is 3.39. The van der Waals surface area contributed by atoms with Crippen molar-refractivity contribution >= 4 is 5.69 Å². The number of hydrogen-bond donors (Lipinski definition) is 1. The number of hydrogen-bond acceptors (Lipinski definition) is 4. The number of rotatable bonds is 3. The predicted octanol–water partition coefficient (Wildman–Crippen LogP) is 3.36. The van der Waals surface area contributed by atoms with Crippen LogP contribution in [0.5, 0.6) is 0 Å². The van der Waals surface area contributed by atoms with Crippen molar-refractivity contribution in [2.24, 2.45) is 0 Å². The summed E-state index contributed by atoms with van der Waals surface area (Å²) in [6.07, 6.45) is 0.576. The monoisotopic (exact) mass is 283 g/mol. The van der Waals surface area contributed by atoms with Crippen LogP contribution in [0.4, 0.5) is 10.1 Å². The fourth-order valence-corrected chi connectivity index (χ4v) is 2.17. The van der Waals surface area contributed by atoms with Gasteiger partial charge < -0.3 is 10.3 Å². The predicted molar refractivity (Wildman–Crippen MR) is 78.1 cm³/mol. The minimum atomic E-state index is -0.393. The van der Waals surface area contributed by atoms with E-state index in [1.54, 1.807) is 0 Å². The van der Waals surface area contributed by atoms with Gasteiger partial charge in [0.05, 0.1) is 5.56 Å². The minimum Gasteiger partial charge on any atom is -0.398 e. The van der Waals surface area contributed by atoms with E-state index in [-0.39, 0.29) is 5.69 Å². The molecule has 0 saturated carbocycles. The van der Waals surface area contributed by atoms with Crippen molar-refractivity contribution in [3.63, 3.8) is 0 Å². The molecular formula is C16H14FN3O. The molecule has 2 aromatic carbocycles. The maximum atomic E-state index is 13.0. The van der Waals surface area contributed by atoms with E-state index in [0.29, 0.717) is 23.7 Å². The summed E-state index contributed by atoms with van der Waals surface area (Å²) >= 11 is 0. The Bertz CT molecular complexity index is 783. The van der Waals surface area contributed by atoms with Gasteiger partial charge >= 0.3 is 0 Å². The number of aryl methyl sites for hydroxylation is 1. The first-order valence-corrected chi connectivity index (χ1v) is 6.55. The van der Waals surface area contributed by atoms with Gasteiger partial charge in [-0.25, -0.2) is 4.39 Å². The van der Waals surface area contributed by atoms with Gasteiger partial charge in [-0.3, -0.25) is 0 Å². The zero-order valence-electron chi connectivity index (χ0n) is 11.5. The number of nitrogens with two attached hydrogens (primary N) is 1. The molecule has 21 heavy (non-hydrogen) atoms. The van der Waals surface area contributed by atoms with Crippen molar-refractivity contribution in [2.45, 2.75) is 13.3 Å². The van der Waals surface area contributed by atoms with Gasteiger partial charge in [-0.2, -0.15) is 4.98 Å². The number of anilines is 1. The van der Waals surface area contributed by atoms with Crippen LogP contribution in [0, 0.1) is 12.7 Å². The molecule has 3 rings (SSSR count). The lowest BCUT2D eigenvalue weighted by Gasteiger charge is -1.99. The van der Waals surface area contributed by atoms with Gasteiger partial charge in [0.2, 0.25) is 0 Å². The topological polar surface area (TPSA) is 64.9 Å². The normalized spacial score (nSPS) is 10.8. The zero-order valence-corrected chi connectivity index (χ0v) is 11.5. The van der Waals surface area contributed by atoms with Gasteiger partial charge in [0.15, 0.2) is 5.82 Å². The highest BCUT2D eigenvalue weighted by Crippen LogP contribution is 2.25. The molecule has 0 aliphatic rings. The first-order valence-electron chi connectivity index (χ1n) is 6.55. The minimum absolute atomic E-state index is 0.278. The van der Waals surface area contributed by atoms with Crippen molar-refractivity contribution in [1.82, 2.24) is 10.1 Å². The van der Waals surface area contributed by atoms with Gasteiger partial charge in [0.25, 0.3) is 5.89 Å². The molecule has 106 valence electrons. The Morgan fingerprint density at radius 3 is 2.81 bits per heavy atom. The smallest absolute Gasteiger partial charge is 0.260 e. The molecular weight excluding hydrogens is 269 g/mol. The Morgan fingerprint density at radius 2 is 2.05 bits per heavy atom. The molecule has 3 aromatic rings. The molecule has 0 amide bonds. The van der Waals surface area contributed by atoms with E-state index in [0.717, 1.165) is 5.56 Å². The molecule has 0 atom stereocenters. The number of halogens is 1. The zero-order chi connectivity index (χ0) is 14.8. The number of nitrogen functional groups attached to an aromatic ring is 1. The Labute approximate surface area is 121 Å². The van der Waals surface area contributed by atoms with Crippen molar-refractivity contribution < 1.29 is 8.91 Å². The highest BCUT2D eigenvalue weighted by atomic mass is 19.1. The van der Waals surface area contributed by atoms with Crippen LogP contribution >= 0.6 is 0 Å². The van der Waals surface area contributed by atoms with Gasteiger partial charge in [0.1, 0.15) is 5.82 Å². The molecule has 0 spiro atoms. The van der Waals surface area contributed by atoms with Gasteiger partial charge in [0, 0.05) is 12.1 Å². The molecule has 0 radical (unpaired) electrons. The van der Waals surface area contributed by atoms with E-state index in [1.807, 2.05) is 25.1 Å². The van der Waals surface area contributed by atoms with Crippen LogP contribution in [0.25, 0.3) is 11.5 Å². The molecule has 1 aromatic heterocycles. The van der Waals surface area contributed by atoms with E-state index < -0.39 is 5.82 Å². The quantitative estimate of drug-likeness (QED) is 0.748. The summed E-state index contributed by atoms with van der Waals surface area (Å²) in [5, 5.41) is 3.95. The lowest BCUT2D eigenvalue weighted by atomic mass is 10.1. The van der Waals surface area contributed by atoms with Crippen LogP contribution in [0.3, 0.4) is 0 Å². The molecule has 0 saturated heterocycles. The van der Waals surface area contributed by atoms with Gasteiger partial charge in [-0.15, -0.1) is 0 Å². The van der Waals surface area contributed by atoms with E-state index in [1.165, 1.54) is 23.8 Å². The van der Waals surface area contributed by atoms with E-state index in [9.17, 15) is 4.39 Å².